The van der Waals surface area contributed by atoms with Crippen molar-refractivity contribution >= 4 is 30.5 Å². The molecule has 184 valence electrons. The number of ether oxygens (including phenoxy) is 3. The Morgan fingerprint density at radius 2 is 2.00 bits per heavy atom. The third-order valence-electron chi connectivity index (χ3n) is 4.91. The smallest absolute Gasteiger partial charge is 0.365 e. The number of carbonyl (C=O) groups is 1. The molecule has 3 heterocycles. The molecule has 15 heteroatoms. The fourth-order valence-electron chi connectivity index (χ4n) is 3.43. The van der Waals surface area contributed by atoms with Crippen LogP contribution in [0.25, 0.3) is 11.2 Å². The number of aliphatic hydroxyl groups is 2. The fourth-order valence-corrected chi connectivity index (χ4v) is 4.06. The van der Waals surface area contributed by atoms with Gasteiger partial charge in [0.2, 0.25) is 0 Å². The van der Waals surface area contributed by atoms with Crippen molar-refractivity contribution in [2.24, 2.45) is 5.92 Å². The monoisotopic (exact) mass is 489 g/mol. The van der Waals surface area contributed by atoms with Gasteiger partial charge in [0.1, 0.15) is 29.7 Å². The first-order chi connectivity index (χ1) is 15.4. The van der Waals surface area contributed by atoms with E-state index < -0.39 is 50.6 Å². The number of carbonyl (C=O) groups excluding carboxylic acids is 1. The van der Waals surface area contributed by atoms with E-state index in [1.54, 1.807) is 0 Å². The standard InChI is InChI=1S/C18H28N5O9P/c1-4-30-17(26)18(33(27,28)29)31-6-9-12(24)13(25)16(32-9)23-7-20-11-14(19)21-10(5-8(2)3)22-15(11)23/h7-9,12-13,16,18,24-25H,4-6H2,1-3H3,(H2,19,21,22)(H2,27,28,29)/t9-,12+,13-,16-,18+/m1/s1. The molecule has 0 saturated carbocycles. The minimum Gasteiger partial charge on any atom is -0.464 e. The van der Waals surface area contributed by atoms with Crippen molar-refractivity contribution in [2.45, 2.75) is 57.6 Å². The molecule has 5 atom stereocenters. The minimum atomic E-state index is -5.01. The summed E-state index contributed by atoms with van der Waals surface area (Å²) < 4.78 is 28.4. The Hall–Kier alpha value is -2.19. The minimum absolute atomic E-state index is 0.112. The molecule has 1 aliphatic rings. The highest BCUT2D eigenvalue weighted by atomic mass is 31.2. The molecule has 0 amide bonds. The maximum absolute atomic E-state index is 11.8. The molecule has 2 aromatic rings. The van der Waals surface area contributed by atoms with Gasteiger partial charge in [0.05, 0.1) is 19.5 Å². The van der Waals surface area contributed by atoms with Crippen LogP contribution in [0.3, 0.4) is 0 Å². The molecule has 0 spiro atoms. The van der Waals surface area contributed by atoms with Crippen LogP contribution in [-0.4, -0.2) is 82.9 Å². The topological polar surface area (TPSA) is 212 Å². The van der Waals surface area contributed by atoms with E-state index in [1.807, 2.05) is 13.8 Å². The average molecular weight is 489 g/mol. The van der Waals surface area contributed by atoms with Crippen LogP contribution in [-0.2, 0) is 30.0 Å². The van der Waals surface area contributed by atoms with E-state index in [-0.39, 0.29) is 29.5 Å². The predicted octanol–water partition coefficient (Wildman–Crippen LogP) is -0.690. The Morgan fingerprint density at radius 1 is 1.30 bits per heavy atom. The van der Waals surface area contributed by atoms with Gasteiger partial charge in [-0.05, 0) is 12.8 Å². The second-order valence-corrected chi connectivity index (χ2v) is 9.67. The van der Waals surface area contributed by atoms with Crippen molar-refractivity contribution in [2.75, 3.05) is 18.9 Å². The van der Waals surface area contributed by atoms with E-state index in [0.717, 1.165) is 0 Å². The molecule has 14 nitrogen and oxygen atoms in total. The first kappa shape index (κ1) is 25.4. The number of rotatable bonds is 9. The van der Waals surface area contributed by atoms with E-state index in [4.69, 9.17) is 15.2 Å². The van der Waals surface area contributed by atoms with Gasteiger partial charge >= 0.3 is 13.6 Å². The van der Waals surface area contributed by atoms with Crippen LogP contribution in [0.5, 0.6) is 0 Å². The number of nitrogen functional groups attached to an aromatic ring is 1. The lowest BCUT2D eigenvalue weighted by Gasteiger charge is -2.20. The molecule has 1 aliphatic heterocycles. The molecule has 0 aromatic carbocycles. The molecule has 1 fully saturated rings. The molecule has 0 radical (unpaired) electrons. The zero-order valence-electron chi connectivity index (χ0n) is 18.3. The van der Waals surface area contributed by atoms with Gasteiger partial charge in [-0.2, -0.15) is 0 Å². The van der Waals surface area contributed by atoms with E-state index in [1.165, 1.54) is 17.8 Å². The number of aromatic nitrogens is 4. The number of nitrogens with two attached hydrogens (primary N) is 1. The van der Waals surface area contributed by atoms with Gasteiger partial charge in [0.25, 0.3) is 5.85 Å². The van der Waals surface area contributed by atoms with Crippen LogP contribution in [0, 0.1) is 5.92 Å². The van der Waals surface area contributed by atoms with Crippen molar-refractivity contribution in [1.29, 1.82) is 0 Å². The summed E-state index contributed by atoms with van der Waals surface area (Å²) in [6.45, 7) is 4.74. The van der Waals surface area contributed by atoms with Crippen molar-refractivity contribution in [1.82, 2.24) is 19.5 Å². The van der Waals surface area contributed by atoms with Gasteiger partial charge in [-0.15, -0.1) is 0 Å². The molecule has 0 aliphatic carbocycles. The molecule has 3 rings (SSSR count). The van der Waals surface area contributed by atoms with Gasteiger partial charge in [-0.25, -0.2) is 19.7 Å². The highest BCUT2D eigenvalue weighted by Gasteiger charge is 2.46. The van der Waals surface area contributed by atoms with E-state index >= 15 is 0 Å². The van der Waals surface area contributed by atoms with Crippen molar-refractivity contribution < 1.29 is 43.6 Å². The fraction of sp³-hybridized carbons (Fsp3) is 0.667. The number of hydrogen-bond donors (Lipinski definition) is 5. The van der Waals surface area contributed by atoms with Gasteiger partial charge < -0.3 is 39.9 Å². The van der Waals surface area contributed by atoms with Gasteiger partial charge in [0.15, 0.2) is 17.7 Å². The second kappa shape index (κ2) is 9.97. The zero-order chi connectivity index (χ0) is 24.5. The maximum Gasteiger partial charge on any atom is 0.365 e. The third-order valence-corrected chi connectivity index (χ3v) is 5.88. The van der Waals surface area contributed by atoms with E-state index in [9.17, 15) is 29.4 Å². The highest BCUT2D eigenvalue weighted by Crippen LogP contribution is 2.43. The molecule has 33 heavy (non-hydrogen) atoms. The summed E-state index contributed by atoms with van der Waals surface area (Å²) in [6.07, 6.45) is -3.46. The number of aliphatic hydroxyl groups excluding tert-OH is 2. The summed E-state index contributed by atoms with van der Waals surface area (Å²) in [5, 5.41) is 21.0. The molecule has 2 aromatic heterocycles. The Morgan fingerprint density at radius 3 is 2.61 bits per heavy atom. The summed E-state index contributed by atoms with van der Waals surface area (Å²) in [5.41, 5.74) is 6.57. The molecule has 6 N–H and O–H groups in total. The number of imidazole rings is 1. The average Bonchev–Trinajstić information content (AvgIpc) is 3.23. The lowest BCUT2D eigenvalue weighted by Crippen LogP contribution is -2.36. The van der Waals surface area contributed by atoms with E-state index in [0.29, 0.717) is 12.2 Å². The Balaban J connectivity index is 1.82. The van der Waals surface area contributed by atoms with Gasteiger partial charge in [0, 0.05) is 6.42 Å². The predicted molar refractivity (Wildman–Crippen MR) is 113 cm³/mol. The van der Waals surface area contributed by atoms with Crippen molar-refractivity contribution in [3.8, 4) is 0 Å². The second-order valence-electron chi connectivity index (χ2n) is 8.02. The van der Waals surface area contributed by atoms with Crippen LogP contribution in [0.4, 0.5) is 5.82 Å². The Bertz CT molecular complexity index is 1040. The largest absolute Gasteiger partial charge is 0.464 e. The van der Waals surface area contributed by atoms with Crippen LogP contribution in [0.2, 0.25) is 0 Å². The summed E-state index contributed by atoms with van der Waals surface area (Å²) in [5.74, 6) is -2.55. The summed E-state index contributed by atoms with van der Waals surface area (Å²) in [4.78, 5) is 43.5. The van der Waals surface area contributed by atoms with E-state index in [2.05, 4.69) is 19.7 Å². The SMILES string of the molecule is CCOC(=O)[C@@H](OC[C@H]1O[C@@H](n2cnc3c(N)nc(CC(C)C)nc32)[C@H](O)[C@H]1O)P(=O)(O)O. The molecular weight excluding hydrogens is 461 g/mol. The zero-order valence-corrected chi connectivity index (χ0v) is 19.2. The highest BCUT2D eigenvalue weighted by molar-refractivity contribution is 7.53. The maximum atomic E-state index is 11.8. The third kappa shape index (κ3) is 5.49. The van der Waals surface area contributed by atoms with Gasteiger partial charge in [-0.3, -0.25) is 9.13 Å². The number of hydrogen-bond acceptors (Lipinski definition) is 11. The summed E-state index contributed by atoms with van der Waals surface area (Å²) in [6, 6.07) is 0. The molecule has 1 saturated heterocycles. The first-order valence-electron chi connectivity index (χ1n) is 10.3. The normalized spacial score (nSPS) is 24.5. The summed E-state index contributed by atoms with van der Waals surface area (Å²) in [7, 11) is -5.01. The number of anilines is 1. The number of esters is 1. The molecular formula is C18H28N5O9P. The van der Waals surface area contributed by atoms with Crippen LogP contribution in [0.1, 0.15) is 32.8 Å². The Kier molecular flexibility index (Phi) is 7.69. The van der Waals surface area contributed by atoms with Gasteiger partial charge in [-0.1, -0.05) is 13.8 Å². The quantitative estimate of drug-likeness (QED) is 0.218. The molecule has 0 unspecified atom stereocenters. The van der Waals surface area contributed by atoms with Crippen LogP contribution in [0.15, 0.2) is 6.33 Å². The van der Waals surface area contributed by atoms with Crippen molar-refractivity contribution in [3.63, 3.8) is 0 Å². The summed E-state index contributed by atoms with van der Waals surface area (Å²) >= 11 is 0. The van der Waals surface area contributed by atoms with Crippen LogP contribution >= 0.6 is 7.60 Å². The first-order valence-corrected chi connectivity index (χ1v) is 12.0. The lowest BCUT2D eigenvalue weighted by atomic mass is 10.1. The number of nitrogens with zero attached hydrogens (tertiary/aromatic N) is 4. The molecule has 0 bridgehead atoms. The van der Waals surface area contributed by atoms with Crippen LogP contribution < -0.4 is 5.73 Å². The lowest BCUT2D eigenvalue weighted by molar-refractivity contribution is -0.155. The number of fused-ring (bicyclic) bond motifs is 1. The Labute approximate surface area is 188 Å². The van der Waals surface area contributed by atoms with Crippen molar-refractivity contribution in [3.05, 3.63) is 12.2 Å².